The fraction of sp³-hybridized carbons (Fsp3) is 0.111. The molecule has 1 spiro atoms. The number of hydrogen-bond donors (Lipinski definition) is 1. The molecule has 0 atom stereocenters. The molecule has 0 bridgehead atoms. The van der Waals surface area contributed by atoms with Crippen LogP contribution in [0.1, 0.15) is 0 Å². The Morgan fingerprint density at radius 3 is 2.27 bits per heavy atom. The second kappa shape index (κ2) is 3.16. The predicted octanol–water partition coefficient (Wildman–Crippen LogP) is 0.282. The fourth-order valence-corrected chi connectivity index (χ4v) is 1.06. The number of aliphatic hydroxyl groups excluding tert-OH is 1. The third-order valence-electron chi connectivity index (χ3n) is 1.69. The Bertz CT molecular complexity index is 383. The van der Waals surface area contributed by atoms with Gasteiger partial charge in [-0.2, -0.15) is 0 Å². The summed E-state index contributed by atoms with van der Waals surface area (Å²) in [6.07, 6.45) is 5.44. The van der Waals surface area contributed by atoms with Crippen molar-refractivity contribution in [2.75, 3.05) is 0 Å². The second-order valence-electron chi connectivity index (χ2n) is 2.73. The lowest BCUT2D eigenvalue weighted by Gasteiger charge is -2.29. The molecule has 2 aliphatic rings. The number of allylic oxidation sites excluding steroid dienone is 2. The van der Waals surface area contributed by atoms with Crippen molar-refractivity contribution in [1.82, 2.24) is 0 Å². The van der Waals surface area contributed by atoms with Crippen LogP contribution < -0.4 is 0 Å². The van der Waals surface area contributed by atoms with Gasteiger partial charge in [0.05, 0.1) is 6.26 Å². The van der Waals surface area contributed by atoms with Crippen LogP contribution in [0.2, 0.25) is 0 Å². The first kappa shape index (κ1) is 9.32. The fourth-order valence-electron chi connectivity index (χ4n) is 1.06. The molecule has 0 saturated carbocycles. The minimum atomic E-state index is -2.19. The van der Waals surface area contributed by atoms with Crippen molar-refractivity contribution in [3.63, 3.8) is 0 Å². The Labute approximate surface area is 84.0 Å². The summed E-state index contributed by atoms with van der Waals surface area (Å²) in [7, 11) is 0. The first-order valence-corrected chi connectivity index (χ1v) is 4.00. The molecule has 0 unspecified atom stereocenters. The lowest BCUT2D eigenvalue weighted by atomic mass is 10.3. The van der Waals surface area contributed by atoms with E-state index in [-0.39, 0.29) is 0 Å². The van der Waals surface area contributed by atoms with E-state index in [1.807, 2.05) is 0 Å². The van der Waals surface area contributed by atoms with E-state index in [1.165, 1.54) is 12.2 Å². The molecule has 1 N–H and O–H groups in total. The zero-order valence-corrected chi connectivity index (χ0v) is 7.38. The molecule has 0 fully saturated rings. The summed E-state index contributed by atoms with van der Waals surface area (Å²) >= 11 is 0. The van der Waals surface area contributed by atoms with E-state index in [0.717, 1.165) is 18.4 Å². The van der Waals surface area contributed by atoms with Crippen LogP contribution in [0, 0.1) is 0 Å². The maximum Gasteiger partial charge on any atom is 0.485 e. The highest BCUT2D eigenvalue weighted by molar-refractivity contribution is 5.93. The summed E-state index contributed by atoms with van der Waals surface area (Å²) in [4.78, 5) is 22.1. The van der Waals surface area contributed by atoms with Crippen molar-refractivity contribution >= 4 is 11.9 Å². The quantitative estimate of drug-likeness (QED) is 0.578. The normalized spacial score (nSPS) is 22.5. The topological polar surface area (TPSA) is 82.1 Å². The maximum absolute atomic E-state index is 11.1. The molecule has 6 heteroatoms. The van der Waals surface area contributed by atoms with Gasteiger partial charge in [0.25, 0.3) is 0 Å². The van der Waals surface area contributed by atoms with E-state index in [1.54, 1.807) is 0 Å². The molecule has 0 aromatic rings. The largest absolute Gasteiger partial charge is 0.502 e. The van der Waals surface area contributed by atoms with E-state index >= 15 is 0 Å². The molecule has 2 aliphatic heterocycles. The van der Waals surface area contributed by atoms with Gasteiger partial charge in [-0.1, -0.05) is 0 Å². The monoisotopic (exact) mass is 210 g/mol. The second-order valence-corrected chi connectivity index (χ2v) is 2.73. The Morgan fingerprint density at radius 1 is 1.13 bits per heavy atom. The Kier molecular flexibility index (Phi) is 1.96. The molecule has 0 amide bonds. The van der Waals surface area contributed by atoms with Crippen LogP contribution in [0.4, 0.5) is 0 Å². The molecule has 78 valence electrons. The number of carbonyl (C=O) groups is 2. The molecular weight excluding hydrogens is 204 g/mol. The lowest BCUT2D eigenvalue weighted by molar-refractivity contribution is -0.312. The van der Waals surface area contributed by atoms with Crippen molar-refractivity contribution in [2.24, 2.45) is 0 Å². The lowest BCUT2D eigenvalue weighted by Crippen LogP contribution is -2.42. The number of aliphatic hydroxyl groups is 1. The number of hydrogen-bond acceptors (Lipinski definition) is 6. The van der Waals surface area contributed by atoms with E-state index in [9.17, 15) is 14.7 Å². The standard InChI is InChI=1S/C9H6O6/c10-6-2-1-5-13-9(6)14-7(11)3-4-8(12)15-9/h1-5,10H. The summed E-state index contributed by atoms with van der Waals surface area (Å²) in [5.41, 5.74) is 0. The SMILES string of the molecule is O=C1C=CC(=O)OC2(OC=CC=C2O)O1. The minimum Gasteiger partial charge on any atom is -0.502 e. The summed E-state index contributed by atoms with van der Waals surface area (Å²) in [5, 5.41) is 9.45. The number of ether oxygens (including phenoxy) is 3. The summed E-state index contributed by atoms with van der Waals surface area (Å²) in [5.74, 6) is -4.41. The van der Waals surface area contributed by atoms with Crippen molar-refractivity contribution in [1.29, 1.82) is 0 Å². The predicted molar refractivity (Wildman–Crippen MR) is 45.0 cm³/mol. The van der Waals surface area contributed by atoms with E-state index in [0.29, 0.717) is 0 Å². The average Bonchev–Trinajstić information content (AvgIpc) is 2.32. The number of carbonyl (C=O) groups excluding carboxylic acids is 2. The van der Waals surface area contributed by atoms with Gasteiger partial charge < -0.3 is 19.3 Å². The van der Waals surface area contributed by atoms with E-state index in [4.69, 9.17) is 4.74 Å². The highest BCUT2D eigenvalue weighted by atomic mass is 16.9. The summed E-state index contributed by atoms with van der Waals surface area (Å²) < 4.78 is 14.1. The zero-order chi connectivity index (χ0) is 10.9. The first-order chi connectivity index (χ1) is 7.12. The first-order valence-electron chi connectivity index (χ1n) is 4.00. The summed E-state index contributed by atoms with van der Waals surface area (Å²) in [6.45, 7) is 0. The number of rotatable bonds is 0. The molecule has 6 nitrogen and oxygen atoms in total. The van der Waals surface area contributed by atoms with Crippen LogP contribution in [0.25, 0.3) is 0 Å². The van der Waals surface area contributed by atoms with E-state index in [2.05, 4.69) is 9.47 Å². The van der Waals surface area contributed by atoms with Gasteiger partial charge in [-0.3, -0.25) is 0 Å². The molecule has 0 saturated heterocycles. The van der Waals surface area contributed by atoms with Gasteiger partial charge in [0.2, 0.25) is 5.76 Å². The van der Waals surface area contributed by atoms with E-state index < -0.39 is 23.7 Å². The van der Waals surface area contributed by atoms with Crippen molar-refractivity contribution in [3.05, 3.63) is 36.3 Å². The Hall–Kier alpha value is -2.24. The van der Waals surface area contributed by atoms with Crippen LogP contribution in [-0.2, 0) is 23.8 Å². The smallest absolute Gasteiger partial charge is 0.485 e. The van der Waals surface area contributed by atoms with Crippen molar-refractivity contribution in [3.8, 4) is 0 Å². The van der Waals surface area contributed by atoms with Crippen molar-refractivity contribution < 1.29 is 28.9 Å². The molecule has 0 radical (unpaired) electrons. The van der Waals surface area contributed by atoms with Gasteiger partial charge in [-0.15, -0.1) is 0 Å². The highest BCUT2D eigenvalue weighted by Crippen LogP contribution is 2.28. The Morgan fingerprint density at radius 2 is 1.73 bits per heavy atom. The third kappa shape index (κ3) is 1.56. The molecular formula is C9H6O6. The van der Waals surface area contributed by atoms with Gasteiger partial charge in [0, 0.05) is 12.2 Å². The van der Waals surface area contributed by atoms with Crippen LogP contribution >= 0.6 is 0 Å². The van der Waals surface area contributed by atoms with Crippen LogP contribution in [0.5, 0.6) is 0 Å². The number of esters is 2. The highest BCUT2D eigenvalue weighted by Gasteiger charge is 2.47. The molecule has 0 aromatic heterocycles. The molecule has 2 rings (SSSR count). The van der Waals surface area contributed by atoms with Crippen LogP contribution in [0.15, 0.2) is 36.3 Å². The Balaban J connectivity index is 2.36. The van der Waals surface area contributed by atoms with Gasteiger partial charge in [0.1, 0.15) is 0 Å². The summed E-state index contributed by atoms with van der Waals surface area (Å²) in [6, 6.07) is 0. The van der Waals surface area contributed by atoms with Gasteiger partial charge in [-0.05, 0) is 12.2 Å². The average molecular weight is 210 g/mol. The molecule has 0 aromatic carbocycles. The van der Waals surface area contributed by atoms with Gasteiger partial charge >= 0.3 is 17.9 Å². The third-order valence-corrected chi connectivity index (χ3v) is 1.69. The zero-order valence-electron chi connectivity index (χ0n) is 7.38. The minimum absolute atomic E-state index is 0.518. The molecule has 2 heterocycles. The van der Waals surface area contributed by atoms with Crippen molar-refractivity contribution in [2.45, 2.75) is 5.97 Å². The molecule has 0 aliphatic carbocycles. The van der Waals surface area contributed by atoms with Crippen LogP contribution in [-0.4, -0.2) is 23.0 Å². The van der Waals surface area contributed by atoms with Gasteiger partial charge in [0.15, 0.2) is 0 Å². The maximum atomic E-state index is 11.1. The van der Waals surface area contributed by atoms with Crippen LogP contribution in [0.3, 0.4) is 0 Å². The molecule has 15 heavy (non-hydrogen) atoms. The van der Waals surface area contributed by atoms with Gasteiger partial charge in [-0.25, -0.2) is 9.59 Å².